The summed E-state index contributed by atoms with van der Waals surface area (Å²) >= 11 is 0. The van der Waals surface area contributed by atoms with Gasteiger partial charge in [0.2, 0.25) is 0 Å². The van der Waals surface area contributed by atoms with Gasteiger partial charge in [0.25, 0.3) is 0 Å². The number of aromatic nitrogens is 2. The molecule has 0 saturated carbocycles. The SMILES string of the molecule is Cn1nccp1. The molecule has 0 fully saturated rings. The molecule has 1 heterocycles. The summed E-state index contributed by atoms with van der Waals surface area (Å²) in [6, 6.07) is 0. The quantitative estimate of drug-likeness (QED) is 0.475. The number of nitrogens with zero attached hydrogens (tertiary/aromatic N) is 2. The van der Waals surface area contributed by atoms with Crippen molar-refractivity contribution < 1.29 is 0 Å². The van der Waals surface area contributed by atoms with E-state index in [1.165, 1.54) is 8.35 Å². The van der Waals surface area contributed by atoms with Crippen LogP contribution in [0.4, 0.5) is 0 Å². The van der Waals surface area contributed by atoms with Crippen molar-refractivity contribution in [2.45, 2.75) is 0 Å². The van der Waals surface area contributed by atoms with Crippen LogP contribution in [-0.4, -0.2) is 9.54 Å². The monoisotopic (exact) mass is 100 g/mol. The van der Waals surface area contributed by atoms with Gasteiger partial charge < -0.3 is 0 Å². The highest BCUT2D eigenvalue weighted by Crippen LogP contribution is 1.95. The minimum atomic E-state index is 1.18. The second-order valence-electron chi connectivity index (χ2n) is 1.02. The molecule has 0 aliphatic heterocycles. The van der Waals surface area contributed by atoms with Crippen molar-refractivity contribution in [2.75, 3.05) is 0 Å². The van der Waals surface area contributed by atoms with E-state index in [0.29, 0.717) is 0 Å². The van der Waals surface area contributed by atoms with Crippen molar-refractivity contribution in [1.82, 2.24) is 9.54 Å². The van der Waals surface area contributed by atoms with Crippen LogP contribution in [0.1, 0.15) is 0 Å². The van der Waals surface area contributed by atoms with E-state index in [1.54, 1.807) is 6.20 Å². The lowest BCUT2D eigenvalue weighted by atomic mass is 11.0. The molecule has 0 aliphatic rings. The molecule has 1 aromatic heterocycles. The van der Waals surface area contributed by atoms with E-state index >= 15 is 0 Å². The molecule has 1 rings (SSSR count). The first kappa shape index (κ1) is 3.82. The molecular formula is C3H5N2P. The van der Waals surface area contributed by atoms with Crippen molar-refractivity contribution >= 4 is 8.35 Å². The lowest BCUT2D eigenvalue weighted by Gasteiger charge is -1.75. The molecule has 0 aromatic carbocycles. The fourth-order valence-electron chi connectivity index (χ4n) is 0.282. The molecule has 0 amide bonds. The van der Waals surface area contributed by atoms with Gasteiger partial charge in [-0.3, -0.25) is 4.44 Å². The van der Waals surface area contributed by atoms with E-state index in [9.17, 15) is 0 Å². The van der Waals surface area contributed by atoms with E-state index in [2.05, 4.69) is 5.10 Å². The average molecular weight is 100 g/mol. The second-order valence-corrected chi connectivity index (χ2v) is 2.13. The van der Waals surface area contributed by atoms with Gasteiger partial charge in [-0.1, -0.05) is 0 Å². The maximum Gasteiger partial charge on any atom is 0.0538 e. The summed E-state index contributed by atoms with van der Waals surface area (Å²) in [6.45, 7) is 0. The molecule has 0 atom stereocenters. The van der Waals surface area contributed by atoms with Crippen molar-refractivity contribution in [1.29, 1.82) is 0 Å². The predicted octanol–water partition coefficient (Wildman–Crippen LogP) is 1.00. The lowest BCUT2D eigenvalue weighted by Crippen LogP contribution is -1.78. The van der Waals surface area contributed by atoms with Gasteiger partial charge in [0, 0.05) is 21.2 Å². The first-order valence-corrected chi connectivity index (χ1v) is 2.61. The smallest absolute Gasteiger partial charge is 0.0538 e. The van der Waals surface area contributed by atoms with Gasteiger partial charge in [-0.2, -0.15) is 5.10 Å². The van der Waals surface area contributed by atoms with Crippen LogP contribution < -0.4 is 0 Å². The Morgan fingerprint density at radius 3 is 2.83 bits per heavy atom. The van der Waals surface area contributed by atoms with Gasteiger partial charge in [0.15, 0.2) is 0 Å². The fourth-order valence-corrected chi connectivity index (χ4v) is 0.714. The molecule has 0 unspecified atom stereocenters. The Hall–Kier alpha value is -0.360. The third-order valence-corrected chi connectivity index (χ3v) is 1.24. The van der Waals surface area contributed by atoms with Crippen LogP contribution in [0.15, 0.2) is 12.0 Å². The molecule has 0 aliphatic carbocycles. The molecule has 0 bridgehead atoms. The van der Waals surface area contributed by atoms with Gasteiger partial charge in [-0.05, 0) is 0 Å². The molecule has 0 radical (unpaired) electrons. The van der Waals surface area contributed by atoms with Gasteiger partial charge in [0.05, 0.1) is 6.20 Å². The topological polar surface area (TPSA) is 17.8 Å². The van der Waals surface area contributed by atoms with Crippen molar-refractivity contribution in [3.05, 3.63) is 12.0 Å². The standard InChI is InChI=1S/C3H5N2P/c1-5-4-2-3-6-5/h2-3H,1H3. The summed E-state index contributed by atoms with van der Waals surface area (Å²) < 4.78 is 1.85. The van der Waals surface area contributed by atoms with E-state index in [4.69, 9.17) is 0 Å². The molecule has 6 heavy (non-hydrogen) atoms. The van der Waals surface area contributed by atoms with Crippen LogP contribution in [0, 0.1) is 0 Å². The van der Waals surface area contributed by atoms with Crippen LogP contribution in [0.5, 0.6) is 0 Å². The van der Waals surface area contributed by atoms with Crippen molar-refractivity contribution in [2.24, 2.45) is 7.05 Å². The Bertz CT molecular complexity index is 112. The summed E-state index contributed by atoms with van der Waals surface area (Å²) in [6.07, 6.45) is 1.79. The van der Waals surface area contributed by atoms with Crippen LogP contribution >= 0.6 is 8.35 Å². The van der Waals surface area contributed by atoms with Crippen LogP contribution in [-0.2, 0) is 7.05 Å². The number of hydrogen-bond donors (Lipinski definition) is 0. The maximum absolute atomic E-state index is 3.88. The van der Waals surface area contributed by atoms with E-state index in [-0.39, 0.29) is 0 Å². The highest BCUT2D eigenvalue weighted by atomic mass is 31.0. The Balaban J connectivity index is 3.05. The molecule has 0 N–H and O–H groups in total. The summed E-state index contributed by atoms with van der Waals surface area (Å²) in [5.74, 6) is 1.99. The van der Waals surface area contributed by atoms with Crippen LogP contribution in [0.25, 0.3) is 0 Å². The number of hydrogen-bond acceptors (Lipinski definition) is 1. The van der Waals surface area contributed by atoms with Crippen LogP contribution in [0.3, 0.4) is 0 Å². The van der Waals surface area contributed by atoms with Crippen molar-refractivity contribution in [3.8, 4) is 0 Å². The third-order valence-electron chi connectivity index (χ3n) is 0.534. The minimum absolute atomic E-state index is 1.18. The summed E-state index contributed by atoms with van der Waals surface area (Å²) in [4.78, 5) is 0. The van der Waals surface area contributed by atoms with Crippen molar-refractivity contribution in [3.63, 3.8) is 0 Å². The molecule has 2 nitrogen and oxygen atoms in total. The van der Waals surface area contributed by atoms with Gasteiger partial charge in [0.1, 0.15) is 0 Å². The lowest BCUT2D eigenvalue weighted by molar-refractivity contribution is 0.843. The molecule has 0 saturated heterocycles. The normalized spacial score (nSPS) is 10.2. The Morgan fingerprint density at radius 1 is 1.83 bits per heavy atom. The molecule has 1 aromatic rings. The molecule has 3 heteroatoms. The zero-order valence-electron chi connectivity index (χ0n) is 3.50. The molecule has 0 spiro atoms. The number of aryl methyl sites for hydroxylation is 1. The Labute approximate surface area is 38.0 Å². The summed E-state index contributed by atoms with van der Waals surface area (Å²) in [5.41, 5.74) is 0. The van der Waals surface area contributed by atoms with Gasteiger partial charge in [-0.25, -0.2) is 0 Å². The van der Waals surface area contributed by atoms with E-state index in [0.717, 1.165) is 0 Å². The van der Waals surface area contributed by atoms with E-state index < -0.39 is 0 Å². The minimum Gasteiger partial charge on any atom is -0.250 e. The molecular weight excluding hydrogens is 95.0 g/mol. The zero-order chi connectivity index (χ0) is 4.41. The zero-order valence-corrected chi connectivity index (χ0v) is 4.39. The summed E-state index contributed by atoms with van der Waals surface area (Å²) in [7, 11) is 3.11. The summed E-state index contributed by atoms with van der Waals surface area (Å²) in [5, 5.41) is 3.88. The largest absolute Gasteiger partial charge is 0.250 e. The number of rotatable bonds is 0. The van der Waals surface area contributed by atoms with Gasteiger partial charge in [-0.15, -0.1) is 0 Å². The first-order chi connectivity index (χ1) is 2.89. The molecule has 32 valence electrons. The average Bonchev–Trinajstić information content (AvgIpc) is 1.86. The highest BCUT2D eigenvalue weighted by molar-refractivity contribution is 7.24. The first-order valence-electron chi connectivity index (χ1n) is 1.70. The Kier molecular flexibility index (Phi) is 0.887. The third kappa shape index (κ3) is 0.575. The highest BCUT2D eigenvalue weighted by Gasteiger charge is 1.70. The maximum atomic E-state index is 3.88. The Morgan fingerprint density at radius 2 is 2.67 bits per heavy atom. The predicted molar refractivity (Wildman–Crippen MR) is 25.7 cm³/mol. The fraction of sp³-hybridized carbons (Fsp3) is 0.333. The second kappa shape index (κ2) is 1.39. The van der Waals surface area contributed by atoms with E-state index in [1.807, 2.05) is 17.3 Å². The van der Waals surface area contributed by atoms with Crippen LogP contribution in [0.2, 0.25) is 0 Å². The van der Waals surface area contributed by atoms with Gasteiger partial charge >= 0.3 is 0 Å².